The lowest BCUT2D eigenvalue weighted by molar-refractivity contribution is -0.0257. The molecule has 128 valence electrons. The lowest BCUT2D eigenvalue weighted by atomic mass is 10.1. The van der Waals surface area contributed by atoms with E-state index < -0.39 is 5.82 Å². The summed E-state index contributed by atoms with van der Waals surface area (Å²) in [5, 5.41) is 4.18. The summed E-state index contributed by atoms with van der Waals surface area (Å²) in [5.41, 5.74) is 1.92. The largest absolute Gasteiger partial charge is 0.368 e. The zero-order valence-corrected chi connectivity index (χ0v) is 13.6. The number of fused-ring (bicyclic) bond motifs is 1. The number of hydrogen-bond donors (Lipinski definition) is 0. The van der Waals surface area contributed by atoms with Crippen molar-refractivity contribution in [2.45, 2.75) is 13.0 Å². The molecular formula is C17H16FN5O2. The molecule has 0 bridgehead atoms. The second-order valence-electron chi connectivity index (χ2n) is 5.92. The quantitative estimate of drug-likeness (QED) is 0.710. The van der Waals surface area contributed by atoms with E-state index in [4.69, 9.17) is 4.74 Å². The number of halogens is 1. The second-order valence-corrected chi connectivity index (χ2v) is 5.92. The zero-order chi connectivity index (χ0) is 17.4. The molecule has 0 spiro atoms. The third-order valence-corrected chi connectivity index (χ3v) is 4.16. The van der Waals surface area contributed by atoms with Crippen LogP contribution in [-0.4, -0.2) is 50.1 Å². The lowest BCUT2D eigenvalue weighted by Gasteiger charge is -2.33. The van der Waals surface area contributed by atoms with Gasteiger partial charge in [-0.25, -0.2) is 9.37 Å². The van der Waals surface area contributed by atoms with E-state index in [1.165, 1.54) is 24.5 Å². The van der Waals surface area contributed by atoms with Crippen LogP contribution < -0.4 is 0 Å². The molecule has 3 heterocycles. The zero-order valence-electron chi connectivity index (χ0n) is 13.6. The molecule has 0 saturated carbocycles. The van der Waals surface area contributed by atoms with E-state index in [1.807, 2.05) is 13.0 Å². The minimum absolute atomic E-state index is 0.214. The Morgan fingerprint density at radius 1 is 1.36 bits per heavy atom. The number of carbonyl (C=O) groups is 1. The van der Waals surface area contributed by atoms with E-state index >= 15 is 0 Å². The van der Waals surface area contributed by atoms with Crippen molar-refractivity contribution in [1.29, 1.82) is 0 Å². The van der Waals surface area contributed by atoms with Gasteiger partial charge in [-0.15, -0.1) is 0 Å². The van der Waals surface area contributed by atoms with E-state index in [9.17, 15) is 9.18 Å². The maximum atomic E-state index is 13.4. The van der Waals surface area contributed by atoms with Gasteiger partial charge in [-0.05, 0) is 31.2 Å². The SMILES string of the molecule is Cc1cc(C2CN(C(=O)c3cccc(F)c3)CCO2)n2ncnc2n1. The molecule has 1 aromatic carbocycles. The Morgan fingerprint density at radius 3 is 3.08 bits per heavy atom. The van der Waals surface area contributed by atoms with Crippen molar-refractivity contribution in [3.05, 3.63) is 59.4 Å². The second kappa shape index (κ2) is 6.21. The van der Waals surface area contributed by atoms with Gasteiger partial charge in [-0.2, -0.15) is 14.6 Å². The first-order valence-corrected chi connectivity index (χ1v) is 7.95. The van der Waals surface area contributed by atoms with Gasteiger partial charge in [-0.3, -0.25) is 4.79 Å². The number of amides is 1. The van der Waals surface area contributed by atoms with Crippen LogP contribution >= 0.6 is 0 Å². The number of ether oxygens (including phenoxy) is 1. The Morgan fingerprint density at radius 2 is 2.24 bits per heavy atom. The van der Waals surface area contributed by atoms with Crippen molar-refractivity contribution in [3.8, 4) is 0 Å². The summed E-state index contributed by atoms with van der Waals surface area (Å²) in [4.78, 5) is 22.8. The molecule has 1 aliphatic heterocycles. The predicted octanol–water partition coefficient (Wildman–Crippen LogP) is 1.79. The minimum atomic E-state index is -0.426. The van der Waals surface area contributed by atoms with E-state index in [-0.39, 0.29) is 12.0 Å². The summed E-state index contributed by atoms with van der Waals surface area (Å²) in [6, 6.07) is 7.59. The lowest BCUT2D eigenvalue weighted by Crippen LogP contribution is -2.42. The fraction of sp³-hybridized carbons (Fsp3) is 0.294. The highest BCUT2D eigenvalue weighted by molar-refractivity contribution is 5.94. The molecule has 1 unspecified atom stereocenters. The van der Waals surface area contributed by atoms with Gasteiger partial charge in [-0.1, -0.05) is 6.07 Å². The Kier molecular flexibility index (Phi) is 3.89. The Balaban J connectivity index is 1.62. The smallest absolute Gasteiger partial charge is 0.254 e. The Labute approximate surface area is 143 Å². The van der Waals surface area contributed by atoms with Crippen LogP contribution in [0.3, 0.4) is 0 Å². The van der Waals surface area contributed by atoms with E-state index in [0.717, 1.165) is 11.4 Å². The third kappa shape index (κ3) is 2.96. The summed E-state index contributed by atoms with van der Waals surface area (Å²) in [7, 11) is 0. The first kappa shape index (κ1) is 15.6. The number of nitrogens with zero attached hydrogens (tertiary/aromatic N) is 5. The van der Waals surface area contributed by atoms with Gasteiger partial charge in [0.15, 0.2) is 0 Å². The average molecular weight is 341 g/mol. The van der Waals surface area contributed by atoms with Crippen molar-refractivity contribution >= 4 is 11.7 Å². The number of rotatable bonds is 2. The number of morpholine rings is 1. The minimum Gasteiger partial charge on any atom is -0.368 e. The van der Waals surface area contributed by atoms with E-state index in [0.29, 0.717) is 31.0 Å². The number of benzene rings is 1. The van der Waals surface area contributed by atoms with Crippen LogP contribution in [0.5, 0.6) is 0 Å². The normalized spacial score (nSPS) is 17.8. The molecule has 1 fully saturated rings. The molecule has 1 aliphatic rings. The average Bonchev–Trinajstić information content (AvgIpc) is 3.08. The maximum absolute atomic E-state index is 13.4. The summed E-state index contributed by atoms with van der Waals surface area (Å²) in [5.74, 6) is -0.148. The standard InChI is InChI=1S/C17H16FN5O2/c1-11-7-14(23-17(21-11)19-10-20-23)15-9-22(5-6-25-15)16(24)12-3-2-4-13(18)8-12/h2-4,7-8,10,15H,5-6,9H2,1H3. The molecule has 3 aromatic rings. The predicted molar refractivity (Wildman–Crippen MR) is 86.5 cm³/mol. The van der Waals surface area contributed by atoms with Crippen molar-refractivity contribution in [2.24, 2.45) is 0 Å². The van der Waals surface area contributed by atoms with Crippen LogP contribution in [0.1, 0.15) is 27.8 Å². The van der Waals surface area contributed by atoms with Gasteiger partial charge >= 0.3 is 0 Å². The third-order valence-electron chi connectivity index (χ3n) is 4.16. The van der Waals surface area contributed by atoms with E-state index in [1.54, 1.807) is 15.5 Å². The summed E-state index contributed by atoms with van der Waals surface area (Å²) >= 11 is 0. The monoisotopic (exact) mass is 341 g/mol. The molecule has 0 radical (unpaired) electrons. The molecule has 1 amide bonds. The molecule has 0 aliphatic carbocycles. The first-order valence-electron chi connectivity index (χ1n) is 7.95. The van der Waals surface area contributed by atoms with Gasteiger partial charge < -0.3 is 9.64 Å². The van der Waals surface area contributed by atoms with Gasteiger partial charge in [0.2, 0.25) is 0 Å². The van der Waals surface area contributed by atoms with Crippen LogP contribution in [0.4, 0.5) is 4.39 Å². The molecule has 0 N–H and O–H groups in total. The molecular weight excluding hydrogens is 325 g/mol. The van der Waals surface area contributed by atoms with Crippen molar-refractivity contribution in [3.63, 3.8) is 0 Å². The summed E-state index contributed by atoms with van der Waals surface area (Å²) < 4.78 is 20.9. The molecule has 1 saturated heterocycles. The number of aryl methyl sites for hydroxylation is 1. The number of carbonyl (C=O) groups excluding carboxylic acids is 1. The van der Waals surface area contributed by atoms with Crippen LogP contribution in [0.2, 0.25) is 0 Å². The van der Waals surface area contributed by atoms with Gasteiger partial charge in [0.1, 0.15) is 18.2 Å². The van der Waals surface area contributed by atoms with Crippen LogP contribution in [-0.2, 0) is 4.74 Å². The van der Waals surface area contributed by atoms with Crippen LogP contribution in [0.25, 0.3) is 5.78 Å². The summed E-state index contributed by atoms with van der Waals surface area (Å²) in [6.07, 6.45) is 1.08. The topological polar surface area (TPSA) is 72.6 Å². The molecule has 7 nitrogen and oxygen atoms in total. The highest BCUT2D eigenvalue weighted by Gasteiger charge is 2.28. The van der Waals surface area contributed by atoms with Crippen LogP contribution in [0, 0.1) is 12.7 Å². The first-order chi connectivity index (χ1) is 12.1. The van der Waals surface area contributed by atoms with Crippen molar-refractivity contribution in [1.82, 2.24) is 24.5 Å². The van der Waals surface area contributed by atoms with Gasteiger partial charge in [0.05, 0.1) is 18.8 Å². The van der Waals surface area contributed by atoms with Gasteiger partial charge in [0.25, 0.3) is 11.7 Å². The highest BCUT2D eigenvalue weighted by Crippen LogP contribution is 2.24. The Bertz CT molecular complexity index is 942. The molecule has 2 aromatic heterocycles. The maximum Gasteiger partial charge on any atom is 0.254 e. The molecule has 25 heavy (non-hydrogen) atoms. The summed E-state index contributed by atoms with van der Waals surface area (Å²) in [6.45, 7) is 3.07. The highest BCUT2D eigenvalue weighted by atomic mass is 19.1. The molecule has 4 rings (SSSR count). The fourth-order valence-corrected chi connectivity index (χ4v) is 3.01. The van der Waals surface area contributed by atoms with Crippen molar-refractivity contribution in [2.75, 3.05) is 19.7 Å². The fourth-order valence-electron chi connectivity index (χ4n) is 3.01. The molecule has 1 atom stereocenters. The molecule has 8 heteroatoms. The number of aromatic nitrogens is 4. The van der Waals surface area contributed by atoms with Crippen molar-refractivity contribution < 1.29 is 13.9 Å². The number of hydrogen-bond acceptors (Lipinski definition) is 5. The van der Waals surface area contributed by atoms with Gasteiger partial charge in [0, 0.05) is 17.8 Å². The van der Waals surface area contributed by atoms with E-state index in [2.05, 4.69) is 15.1 Å². The Hall–Kier alpha value is -2.87. The van der Waals surface area contributed by atoms with Crippen LogP contribution in [0.15, 0.2) is 36.7 Å².